The van der Waals surface area contributed by atoms with Crippen molar-refractivity contribution in [2.45, 2.75) is 6.42 Å². The molecular formula is C16H17N3O3. The number of carbonyl (C=O) groups is 1. The first-order valence-electron chi connectivity index (χ1n) is 6.95. The molecule has 1 amide bonds. The predicted octanol–water partition coefficient (Wildman–Crippen LogP) is 2.37. The Kier molecular flexibility index (Phi) is 5.48. The molecule has 6 heteroatoms. The highest BCUT2D eigenvalue weighted by Gasteiger charge is 2.12. The summed E-state index contributed by atoms with van der Waals surface area (Å²) in [5, 5.41) is 16.4. The van der Waals surface area contributed by atoms with Gasteiger partial charge in [0.15, 0.2) is 0 Å². The topological polar surface area (TPSA) is 84.3 Å². The Hall–Kier alpha value is -2.89. The Balaban J connectivity index is 1.77. The van der Waals surface area contributed by atoms with Gasteiger partial charge < -0.3 is 10.6 Å². The Morgan fingerprint density at radius 3 is 2.45 bits per heavy atom. The maximum absolute atomic E-state index is 11.7. The van der Waals surface area contributed by atoms with Crippen LogP contribution in [0, 0.1) is 10.1 Å². The molecule has 0 heterocycles. The van der Waals surface area contributed by atoms with Crippen LogP contribution in [0.25, 0.3) is 0 Å². The smallest absolute Gasteiger partial charge is 0.292 e. The molecule has 114 valence electrons. The lowest BCUT2D eigenvalue weighted by Crippen LogP contribution is -2.31. The van der Waals surface area contributed by atoms with Crippen LogP contribution in [-0.2, 0) is 11.2 Å². The summed E-state index contributed by atoms with van der Waals surface area (Å²) in [4.78, 5) is 22.1. The fourth-order valence-electron chi connectivity index (χ4n) is 2.01. The number of anilines is 1. The largest absolute Gasteiger partial charge is 0.371 e. The monoisotopic (exact) mass is 299 g/mol. The van der Waals surface area contributed by atoms with E-state index in [1.807, 2.05) is 30.3 Å². The molecule has 22 heavy (non-hydrogen) atoms. The maximum Gasteiger partial charge on any atom is 0.292 e. The lowest BCUT2D eigenvalue weighted by Gasteiger charge is -2.08. The minimum absolute atomic E-state index is 0.000354. The first kappa shape index (κ1) is 15.5. The minimum Gasteiger partial charge on any atom is -0.371 e. The van der Waals surface area contributed by atoms with Crippen molar-refractivity contribution in [3.63, 3.8) is 0 Å². The second kappa shape index (κ2) is 7.78. The molecule has 0 bridgehead atoms. The number of carbonyl (C=O) groups excluding carboxylic acids is 1. The molecule has 0 radical (unpaired) electrons. The Morgan fingerprint density at radius 2 is 1.73 bits per heavy atom. The maximum atomic E-state index is 11.7. The highest BCUT2D eigenvalue weighted by atomic mass is 16.6. The zero-order chi connectivity index (χ0) is 15.8. The van der Waals surface area contributed by atoms with Crippen molar-refractivity contribution in [2.24, 2.45) is 0 Å². The van der Waals surface area contributed by atoms with Gasteiger partial charge in [-0.05, 0) is 18.1 Å². The fourth-order valence-corrected chi connectivity index (χ4v) is 2.01. The molecular weight excluding hydrogens is 282 g/mol. The number of nitrogens with zero attached hydrogens (tertiary/aromatic N) is 1. The molecule has 0 unspecified atom stereocenters. The predicted molar refractivity (Wildman–Crippen MR) is 84.7 cm³/mol. The molecule has 2 N–H and O–H groups in total. The number of benzene rings is 2. The SMILES string of the molecule is O=C(CNc1ccccc1[N+](=O)[O-])NCCc1ccccc1. The summed E-state index contributed by atoms with van der Waals surface area (Å²) in [6, 6.07) is 16.1. The van der Waals surface area contributed by atoms with Crippen LogP contribution < -0.4 is 10.6 Å². The molecule has 0 aromatic heterocycles. The number of para-hydroxylation sites is 2. The molecule has 0 spiro atoms. The van der Waals surface area contributed by atoms with Gasteiger partial charge in [0.25, 0.3) is 5.69 Å². The van der Waals surface area contributed by atoms with Crippen molar-refractivity contribution in [2.75, 3.05) is 18.4 Å². The highest BCUT2D eigenvalue weighted by molar-refractivity contribution is 5.81. The molecule has 0 aliphatic heterocycles. The Labute approximate surface area is 128 Å². The zero-order valence-electron chi connectivity index (χ0n) is 12.0. The summed E-state index contributed by atoms with van der Waals surface area (Å²) in [7, 11) is 0. The van der Waals surface area contributed by atoms with E-state index in [-0.39, 0.29) is 18.1 Å². The van der Waals surface area contributed by atoms with E-state index in [1.165, 1.54) is 6.07 Å². The number of rotatable bonds is 7. The minimum atomic E-state index is -0.477. The third-order valence-electron chi connectivity index (χ3n) is 3.12. The number of nitrogens with one attached hydrogen (secondary N) is 2. The van der Waals surface area contributed by atoms with E-state index in [4.69, 9.17) is 0 Å². The van der Waals surface area contributed by atoms with Crippen molar-refractivity contribution in [1.82, 2.24) is 5.32 Å². The molecule has 0 fully saturated rings. The van der Waals surface area contributed by atoms with Gasteiger partial charge in [-0.3, -0.25) is 14.9 Å². The first-order valence-corrected chi connectivity index (χ1v) is 6.95. The van der Waals surface area contributed by atoms with Gasteiger partial charge in [0.1, 0.15) is 5.69 Å². The van der Waals surface area contributed by atoms with Crippen LogP contribution in [0.5, 0.6) is 0 Å². The third kappa shape index (κ3) is 4.59. The van der Waals surface area contributed by atoms with Gasteiger partial charge in [-0.2, -0.15) is 0 Å². The summed E-state index contributed by atoms with van der Waals surface area (Å²) in [5.41, 5.74) is 1.44. The van der Waals surface area contributed by atoms with Crippen LogP contribution in [0.3, 0.4) is 0 Å². The second-order valence-corrected chi connectivity index (χ2v) is 4.71. The van der Waals surface area contributed by atoms with E-state index in [0.717, 1.165) is 12.0 Å². The second-order valence-electron chi connectivity index (χ2n) is 4.71. The summed E-state index contributed by atoms with van der Waals surface area (Å²) in [6.45, 7) is 0.529. The number of hydrogen-bond acceptors (Lipinski definition) is 4. The quantitative estimate of drug-likeness (QED) is 0.607. The van der Waals surface area contributed by atoms with Gasteiger partial charge in [0.2, 0.25) is 5.91 Å². The Bertz CT molecular complexity index is 644. The van der Waals surface area contributed by atoms with E-state index in [2.05, 4.69) is 10.6 Å². The van der Waals surface area contributed by atoms with E-state index >= 15 is 0 Å². The number of nitro groups is 1. The third-order valence-corrected chi connectivity index (χ3v) is 3.12. The summed E-state index contributed by atoms with van der Waals surface area (Å²) in [5.74, 6) is -0.200. The van der Waals surface area contributed by atoms with Gasteiger partial charge in [-0.1, -0.05) is 42.5 Å². The lowest BCUT2D eigenvalue weighted by atomic mass is 10.1. The molecule has 0 saturated heterocycles. The number of amides is 1. The van der Waals surface area contributed by atoms with Crippen molar-refractivity contribution in [3.05, 3.63) is 70.3 Å². The van der Waals surface area contributed by atoms with Crippen LogP contribution >= 0.6 is 0 Å². The van der Waals surface area contributed by atoms with Crippen LogP contribution in [0.4, 0.5) is 11.4 Å². The highest BCUT2D eigenvalue weighted by Crippen LogP contribution is 2.22. The van der Waals surface area contributed by atoms with Crippen molar-refractivity contribution in [1.29, 1.82) is 0 Å². The van der Waals surface area contributed by atoms with E-state index in [9.17, 15) is 14.9 Å². The molecule has 2 rings (SSSR count). The summed E-state index contributed by atoms with van der Waals surface area (Å²) < 4.78 is 0. The van der Waals surface area contributed by atoms with Crippen LogP contribution in [-0.4, -0.2) is 23.9 Å². The van der Waals surface area contributed by atoms with Crippen LogP contribution in [0.1, 0.15) is 5.56 Å². The van der Waals surface area contributed by atoms with Gasteiger partial charge in [0.05, 0.1) is 11.5 Å². The lowest BCUT2D eigenvalue weighted by molar-refractivity contribution is -0.383. The standard InChI is InChI=1S/C16H17N3O3/c20-16(17-11-10-13-6-2-1-3-7-13)12-18-14-8-4-5-9-15(14)19(21)22/h1-9,18H,10-12H2,(H,17,20). The van der Waals surface area contributed by atoms with Gasteiger partial charge in [-0.15, -0.1) is 0 Å². The molecule has 2 aromatic carbocycles. The van der Waals surface area contributed by atoms with Crippen LogP contribution in [0.2, 0.25) is 0 Å². The van der Waals surface area contributed by atoms with Gasteiger partial charge in [-0.25, -0.2) is 0 Å². The average Bonchev–Trinajstić information content (AvgIpc) is 2.54. The normalized spacial score (nSPS) is 10.0. The summed E-state index contributed by atoms with van der Waals surface area (Å²) in [6.07, 6.45) is 0.748. The van der Waals surface area contributed by atoms with Crippen molar-refractivity contribution >= 4 is 17.3 Å². The summed E-state index contributed by atoms with van der Waals surface area (Å²) >= 11 is 0. The molecule has 2 aromatic rings. The Morgan fingerprint density at radius 1 is 1.05 bits per heavy atom. The van der Waals surface area contributed by atoms with E-state index in [1.54, 1.807) is 18.2 Å². The molecule has 0 aliphatic carbocycles. The van der Waals surface area contributed by atoms with E-state index in [0.29, 0.717) is 12.2 Å². The fraction of sp³-hybridized carbons (Fsp3) is 0.188. The zero-order valence-corrected chi connectivity index (χ0v) is 12.0. The first-order chi connectivity index (χ1) is 10.7. The molecule has 0 atom stereocenters. The van der Waals surface area contributed by atoms with Crippen molar-refractivity contribution < 1.29 is 9.72 Å². The van der Waals surface area contributed by atoms with E-state index < -0.39 is 4.92 Å². The van der Waals surface area contributed by atoms with Crippen LogP contribution in [0.15, 0.2) is 54.6 Å². The average molecular weight is 299 g/mol. The van der Waals surface area contributed by atoms with Gasteiger partial charge in [0, 0.05) is 12.6 Å². The number of hydrogen-bond donors (Lipinski definition) is 2. The number of nitro benzene ring substituents is 1. The molecule has 0 saturated carbocycles. The molecule has 0 aliphatic rings. The van der Waals surface area contributed by atoms with Crippen molar-refractivity contribution in [3.8, 4) is 0 Å². The molecule has 6 nitrogen and oxygen atoms in total. The van der Waals surface area contributed by atoms with Gasteiger partial charge >= 0.3 is 0 Å².